The van der Waals surface area contributed by atoms with Gasteiger partial charge in [0.15, 0.2) is 5.78 Å². The number of nitrogens with two attached hydrogens (primary N) is 1. The van der Waals surface area contributed by atoms with Gasteiger partial charge >= 0.3 is 0 Å². The fourth-order valence-corrected chi connectivity index (χ4v) is 2.11. The van der Waals surface area contributed by atoms with Crippen LogP contribution in [0.3, 0.4) is 0 Å². The molecule has 0 saturated heterocycles. The maximum absolute atomic E-state index is 12.3. The average molecular weight is 285 g/mol. The molecule has 0 aliphatic carbocycles. The number of ketones is 1. The highest BCUT2D eigenvalue weighted by molar-refractivity contribution is 5.99. The van der Waals surface area contributed by atoms with Gasteiger partial charge in [0.05, 0.1) is 19.8 Å². The van der Waals surface area contributed by atoms with Gasteiger partial charge in [0.25, 0.3) is 0 Å². The lowest BCUT2D eigenvalue weighted by molar-refractivity contribution is 0.0980. The van der Waals surface area contributed by atoms with E-state index in [4.69, 9.17) is 15.2 Å². The SMILES string of the molecule is COc1ccc(C(=O)CCc2ccc(N)cc2)c(OC)c1. The summed E-state index contributed by atoms with van der Waals surface area (Å²) in [5.41, 5.74) is 8.03. The molecule has 0 atom stereocenters. The van der Waals surface area contributed by atoms with Crippen LogP contribution in [0.25, 0.3) is 0 Å². The summed E-state index contributed by atoms with van der Waals surface area (Å²) >= 11 is 0. The van der Waals surface area contributed by atoms with E-state index >= 15 is 0 Å². The van der Waals surface area contributed by atoms with Gasteiger partial charge in [-0.15, -0.1) is 0 Å². The molecule has 0 heterocycles. The Morgan fingerprint density at radius 3 is 2.38 bits per heavy atom. The fourth-order valence-electron chi connectivity index (χ4n) is 2.11. The third-order valence-corrected chi connectivity index (χ3v) is 3.33. The van der Waals surface area contributed by atoms with Crippen LogP contribution < -0.4 is 15.2 Å². The summed E-state index contributed by atoms with van der Waals surface area (Å²) in [5, 5.41) is 0. The molecule has 0 amide bonds. The predicted molar refractivity (Wildman–Crippen MR) is 83.1 cm³/mol. The van der Waals surface area contributed by atoms with Crippen LogP contribution in [0.4, 0.5) is 5.69 Å². The number of carbonyl (C=O) groups is 1. The summed E-state index contributed by atoms with van der Waals surface area (Å²) in [7, 11) is 3.13. The molecule has 0 saturated carbocycles. The van der Waals surface area contributed by atoms with Crippen LogP contribution in [0.2, 0.25) is 0 Å². The smallest absolute Gasteiger partial charge is 0.166 e. The lowest BCUT2D eigenvalue weighted by atomic mass is 10.0. The van der Waals surface area contributed by atoms with E-state index in [9.17, 15) is 4.79 Å². The van der Waals surface area contributed by atoms with Crippen LogP contribution >= 0.6 is 0 Å². The van der Waals surface area contributed by atoms with E-state index < -0.39 is 0 Å². The first kappa shape index (κ1) is 14.9. The van der Waals surface area contributed by atoms with Gasteiger partial charge in [0.1, 0.15) is 11.5 Å². The Kier molecular flexibility index (Phi) is 4.82. The van der Waals surface area contributed by atoms with Gasteiger partial charge in [-0.05, 0) is 36.2 Å². The van der Waals surface area contributed by atoms with E-state index in [2.05, 4.69) is 0 Å². The molecule has 0 aliphatic heterocycles. The summed E-state index contributed by atoms with van der Waals surface area (Å²) in [5.74, 6) is 1.25. The Balaban J connectivity index is 2.07. The number of benzene rings is 2. The molecule has 2 aromatic carbocycles. The second-order valence-electron chi connectivity index (χ2n) is 4.73. The lowest BCUT2D eigenvalue weighted by Crippen LogP contribution is -2.04. The zero-order valence-electron chi connectivity index (χ0n) is 12.3. The van der Waals surface area contributed by atoms with E-state index in [1.807, 2.05) is 24.3 Å². The van der Waals surface area contributed by atoms with Crippen molar-refractivity contribution in [2.24, 2.45) is 0 Å². The molecule has 0 fully saturated rings. The first-order valence-electron chi connectivity index (χ1n) is 6.73. The lowest BCUT2D eigenvalue weighted by Gasteiger charge is -2.09. The normalized spacial score (nSPS) is 10.2. The summed E-state index contributed by atoms with van der Waals surface area (Å²) < 4.78 is 10.4. The zero-order valence-corrected chi connectivity index (χ0v) is 12.3. The van der Waals surface area contributed by atoms with Crippen molar-refractivity contribution >= 4 is 11.5 Å². The van der Waals surface area contributed by atoms with Gasteiger partial charge in [-0.3, -0.25) is 4.79 Å². The number of hydrogen-bond acceptors (Lipinski definition) is 4. The van der Waals surface area contributed by atoms with Crippen molar-refractivity contribution < 1.29 is 14.3 Å². The fraction of sp³-hybridized carbons (Fsp3) is 0.235. The minimum Gasteiger partial charge on any atom is -0.497 e. The number of nitrogen functional groups attached to an aromatic ring is 1. The van der Waals surface area contributed by atoms with Crippen molar-refractivity contribution in [3.8, 4) is 11.5 Å². The maximum Gasteiger partial charge on any atom is 0.166 e. The summed E-state index contributed by atoms with van der Waals surface area (Å²) in [6.07, 6.45) is 1.10. The first-order chi connectivity index (χ1) is 10.1. The molecule has 4 nitrogen and oxygen atoms in total. The second-order valence-corrected chi connectivity index (χ2v) is 4.73. The molecule has 2 rings (SSSR count). The average Bonchev–Trinajstić information content (AvgIpc) is 2.53. The highest BCUT2D eigenvalue weighted by Gasteiger charge is 2.13. The number of rotatable bonds is 6. The number of ether oxygens (including phenoxy) is 2. The number of carbonyl (C=O) groups excluding carboxylic acids is 1. The molecule has 0 spiro atoms. The van der Waals surface area contributed by atoms with Crippen molar-refractivity contribution in [3.05, 3.63) is 53.6 Å². The molecular formula is C17H19NO3. The Labute approximate surface area is 124 Å². The van der Waals surface area contributed by atoms with E-state index in [0.29, 0.717) is 29.9 Å². The Bertz CT molecular complexity index is 620. The van der Waals surface area contributed by atoms with Gasteiger partial charge in [-0.2, -0.15) is 0 Å². The molecule has 0 radical (unpaired) electrons. The number of anilines is 1. The number of Topliss-reactive ketones (excluding diaryl/α,β-unsaturated/α-hetero) is 1. The number of aryl methyl sites for hydroxylation is 1. The molecule has 2 aromatic rings. The van der Waals surface area contributed by atoms with E-state index in [-0.39, 0.29) is 5.78 Å². The van der Waals surface area contributed by atoms with Crippen molar-refractivity contribution in [1.82, 2.24) is 0 Å². The molecule has 0 aromatic heterocycles. The highest BCUT2D eigenvalue weighted by Crippen LogP contribution is 2.26. The summed E-state index contributed by atoms with van der Waals surface area (Å²) in [4.78, 5) is 12.3. The first-order valence-corrected chi connectivity index (χ1v) is 6.73. The molecule has 0 aliphatic rings. The molecule has 4 heteroatoms. The Morgan fingerprint density at radius 1 is 1.05 bits per heavy atom. The number of hydrogen-bond donors (Lipinski definition) is 1. The van der Waals surface area contributed by atoms with Crippen LogP contribution in [0.15, 0.2) is 42.5 Å². The van der Waals surface area contributed by atoms with Gasteiger partial charge in [-0.25, -0.2) is 0 Å². The molecule has 110 valence electrons. The summed E-state index contributed by atoms with van der Waals surface area (Å²) in [6.45, 7) is 0. The Hall–Kier alpha value is -2.49. The Morgan fingerprint density at radius 2 is 1.76 bits per heavy atom. The zero-order chi connectivity index (χ0) is 15.2. The third-order valence-electron chi connectivity index (χ3n) is 3.33. The van der Waals surface area contributed by atoms with Crippen LogP contribution in [0.1, 0.15) is 22.3 Å². The minimum absolute atomic E-state index is 0.0475. The van der Waals surface area contributed by atoms with Crippen molar-refractivity contribution in [2.75, 3.05) is 20.0 Å². The maximum atomic E-state index is 12.3. The molecular weight excluding hydrogens is 266 g/mol. The molecule has 2 N–H and O–H groups in total. The van der Waals surface area contributed by atoms with Crippen LogP contribution in [0.5, 0.6) is 11.5 Å². The quantitative estimate of drug-likeness (QED) is 0.654. The van der Waals surface area contributed by atoms with Crippen molar-refractivity contribution in [1.29, 1.82) is 0 Å². The second kappa shape index (κ2) is 6.79. The molecule has 0 bridgehead atoms. The van der Waals surface area contributed by atoms with Crippen molar-refractivity contribution in [2.45, 2.75) is 12.8 Å². The third kappa shape index (κ3) is 3.75. The highest BCUT2D eigenvalue weighted by atomic mass is 16.5. The van der Waals surface area contributed by atoms with Crippen molar-refractivity contribution in [3.63, 3.8) is 0 Å². The van der Waals surface area contributed by atoms with Crippen LogP contribution in [-0.4, -0.2) is 20.0 Å². The standard InChI is InChI=1S/C17H19NO3/c1-20-14-8-9-15(17(11-14)21-2)16(19)10-5-12-3-6-13(18)7-4-12/h3-4,6-9,11H,5,10,18H2,1-2H3. The van der Waals surface area contributed by atoms with E-state index in [1.165, 1.54) is 0 Å². The largest absolute Gasteiger partial charge is 0.497 e. The van der Waals surface area contributed by atoms with Crippen LogP contribution in [0, 0.1) is 0 Å². The van der Waals surface area contributed by atoms with Crippen LogP contribution in [-0.2, 0) is 6.42 Å². The summed E-state index contributed by atoms with van der Waals surface area (Å²) in [6, 6.07) is 12.8. The van der Waals surface area contributed by atoms with E-state index in [0.717, 1.165) is 11.3 Å². The van der Waals surface area contributed by atoms with Gasteiger partial charge in [-0.1, -0.05) is 12.1 Å². The van der Waals surface area contributed by atoms with E-state index in [1.54, 1.807) is 32.4 Å². The molecule has 21 heavy (non-hydrogen) atoms. The number of methoxy groups -OCH3 is 2. The minimum atomic E-state index is 0.0475. The van der Waals surface area contributed by atoms with Gasteiger partial charge in [0.2, 0.25) is 0 Å². The monoisotopic (exact) mass is 285 g/mol. The predicted octanol–water partition coefficient (Wildman–Crippen LogP) is 3.10. The molecule has 0 unspecified atom stereocenters. The van der Waals surface area contributed by atoms with Gasteiger partial charge < -0.3 is 15.2 Å². The topological polar surface area (TPSA) is 61.5 Å². The van der Waals surface area contributed by atoms with Gasteiger partial charge in [0, 0.05) is 18.2 Å².